The fourth-order valence-electron chi connectivity index (χ4n) is 0.166. The van der Waals surface area contributed by atoms with E-state index in [4.69, 9.17) is 16.6 Å². The first-order chi connectivity index (χ1) is 4.59. The van der Waals surface area contributed by atoms with Crippen molar-refractivity contribution in [3.8, 4) is 0 Å². The molecule has 0 aromatic carbocycles. The van der Waals surface area contributed by atoms with Gasteiger partial charge >= 0.3 is 0 Å². The van der Waals surface area contributed by atoms with Crippen LogP contribution >= 0.6 is 0 Å². The van der Waals surface area contributed by atoms with Gasteiger partial charge in [0, 0.05) is 12.1 Å². The molecule has 0 aromatic rings. The lowest BCUT2D eigenvalue weighted by Gasteiger charge is -2.10. The Morgan fingerprint density at radius 1 is 1.60 bits per heavy atom. The third-order valence-electron chi connectivity index (χ3n) is 0.886. The molecule has 0 saturated carbocycles. The van der Waals surface area contributed by atoms with Crippen LogP contribution in [0.4, 0.5) is 0 Å². The SMILES string of the molecule is C=CN.CC(N)C(N)CO. The van der Waals surface area contributed by atoms with Gasteiger partial charge in [-0.05, 0) is 13.1 Å². The molecule has 0 spiro atoms. The standard InChI is InChI=1S/C4H12N2O.C2H5N/c1-3(5)4(6)2-7;1-2-3/h3-4,7H,2,5-6H2,1H3;2H,1,3H2. The molecule has 0 fully saturated rings. The van der Waals surface area contributed by atoms with Crippen LogP contribution in [0.1, 0.15) is 6.92 Å². The van der Waals surface area contributed by atoms with E-state index in [1.165, 1.54) is 6.20 Å². The lowest BCUT2D eigenvalue weighted by molar-refractivity contribution is 0.253. The number of nitrogens with two attached hydrogens (primary N) is 3. The molecule has 0 radical (unpaired) electrons. The van der Waals surface area contributed by atoms with Crippen LogP contribution in [-0.4, -0.2) is 23.8 Å². The third kappa shape index (κ3) is 10.4. The summed E-state index contributed by atoms with van der Waals surface area (Å²) in [5.41, 5.74) is 15.1. The first kappa shape index (κ1) is 12.1. The Kier molecular flexibility index (Phi) is 10.2. The maximum atomic E-state index is 8.30. The van der Waals surface area contributed by atoms with E-state index in [1.807, 2.05) is 0 Å². The summed E-state index contributed by atoms with van der Waals surface area (Å²) < 4.78 is 0. The fraction of sp³-hybridized carbons (Fsp3) is 0.667. The number of aliphatic hydroxyl groups excluding tert-OH is 1. The Morgan fingerprint density at radius 2 is 1.90 bits per heavy atom. The predicted octanol–water partition coefficient (Wildman–Crippen LogP) is -1.26. The molecule has 0 saturated heterocycles. The first-order valence-electron chi connectivity index (χ1n) is 3.04. The second kappa shape index (κ2) is 8.42. The van der Waals surface area contributed by atoms with Crippen molar-refractivity contribution in [1.82, 2.24) is 0 Å². The number of hydrogen-bond acceptors (Lipinski definition) is 4. The van der Waals surface area contributed by atoms with Crippen molar-refractivity contribution in [2.75, 3.05) is 6.61 Å². The van der Waals surface area contributed by atoms with Gasteiger partial charge in [-0.15, -0.1) is 0 Å². The van der Waals surface area contributed by atoms with E-state index in [0.29, 0.717) is 0 Å². The normalized spacial score (nSPS) is 14.4. The molecule has 4 nitrogen and oxygen atoms in total. The van der Waals surface area contributed by atoms with Gasteiger partial charge in [0.2, 0.25) is 0 Å². The van der Waals surface area contributed by atoms with E-state index in [1.54, 1.807) is 6.92 Å². The van der Waals surface area contributed by atoms with E-state index in [-0.39, 0.29) is 18.7 Å². The summed E-state index contributed by atoms with van der Waals surface area (Å²) in [6.45, 7) is 4.87. The largest absolute Gasteiger partial charge is 0.405 e. The zero-order valence-corrected chi connectivity index (χ0v) is 6.33. The molecular weight excluding hydrogens is 130 g/mol. The van der Waals surface area contributed by atoms with Gasteiger partial charge in [-0.2, -0.15) is 0 Å². The van der Waals surface area contributed by atoms with Gasteiger partial charge in [0.05, 0.1) is 6.61 Å². The van der Waals surface area contributed by atoms with E-state index in [0.717, 1.165) is 0 Å². The van der Waals surface area contributed by atoms with Crippen LogP contribution in [0, 0.1) is 0 Å². The minimum atomic E-state index is -0.264. The van der Waals surface area contributed by atoms with Crippen LogP contribution in [0.15, 0.2) is 12.8 Å². The molecule has 2 atom stereocenters. The molecule has 62 valence electrons. The van der Waals surface area contributed by atoms with Gasteiger partial charge < -0.3 is 22.3 Å². The van der Waals surface area contributed by atoms with Crippen molar-refractivity contribution in [1.29, 1.82) is 0 Å². The third-order valence-corrected chi connectivity index (χ3v) is 0.886. The molecule has 7 N–H and O–H groups in total. The quantitative estimate of drug-likeness (QED) is 0.392. The smallest absolute Gasteiger partial charge is 0.0597 e. The van der Waals surface area contributed by atoms with E-state index >= 15 is 0 Å². The van der Waals surface area contributed by atoms with Crippen molar-refractivity contribution in [3.63, 3.8) is 0 Å². The molecule has 0 rings (SSSR count). The highest BCUT2D eigenvalue weighted by Crippen LogP contribution is 1.79. The number of aliphatic hydroxyl groups is 1. The molecule has 2 unspecified atom stereocenters. The summed E-state index contributed by atoms with van der Waals surface area (Å²) in [6, 6.07) is -0.370. The van der Waals surface area contributed by atoms with Crippen molar-refractivity contribution >= 4 is 0 Å². The Morgan fingerprint density at radius 3 is 1.90 bits per heavy atom. The minimum absolute atomic E-state index is 0.0301. The van der Waals surface area contributed by atoms with Gasteiger partial charge in [-0.25, -0.2) is 0 Å². The molecule has 0 heterocycles. The van der Waals surface area contributed by atoms with Crippen molar-refractivity contribution in [3.05, 3.63) is 12.8 Å². The predicted molar refractivity (Wildman–Crippen MR) is 43.1 cm³/mol. The van der Waals surface area contributed by atoms with Crippen LogP contribution in [0.2, 0.25) is 0 Å². The maximum Gasteiger partial charge on any atom is 0.0597 e. The first-order valence-corrected chi connectivity index (χ1v) is 3.04. The Labute approximate surface area is 61.7 Å². The van der Waals surface area contributed by atoms with Gasteiger partial charge in [-0.1, -0.05) is 6.58 Å². The summed E-state index contributed by atoms with van der Waals surface area (Å²) in [4.78, 5) is 0. The average Bonchev–Trinajstić information content (AvgIpc) is 1.88. The van der Waals surface area contributed by atoms with Crippen molar-refractivity contribution in [2.45, 2.75) is 19.0 Å². The minimum Gasteiger partial charge on any atom is -0.405 e. The van der Waals surface area contributed by atoms with E-state index < -0.39 is 0 Å². The zero-order valence-electron chi connectivity index (χ0n) is 6.33. The number of hydrogen-bond donors (Lipinski definition) is 4. The van der Waals surface area contributed by atoms with Crippen LogP contribution in [-0.2, 0) is 0 Å². The van der Waals surface area contributed by atoms with Crippen LogP contribution in [0.5, 0.6) is 0 Å². The van der Waals surface area contributed by atoms with Gasteiger partial charge in [0.15, 0.2) is 0 Å². The Balaban J connectivity index is 0. The fourth-order valence-corrected chi connectivity index (χ4v) is 0.166. The molecule has 0 aliphatic carbocycles. The zero-order chi connectivity index (χ0) is 8.57. The van der Waals surface area contributed by atoms with Crippen molar-refractivity contribution < 1.29 is 5.11 Å². The van der Waals surface area contributed by atoms with Crippen LogP contribution in [0.3, 0.4) is 0 Å². The Hall–Kier alpha value is -0.580. The lowest BCUT2D eigenvalue weighted by Crippen LogP contribution is -2.41. The summed E-state index contributed by atoms with van der Waals surface area (Å²) >= 11 is 0. The summed E-state index contributed by atoms with van der Waals surface area (Å²) in [5, 5.41) is 8.30. The molecule has 0 aliphatic heterocycles. The molecular formula is C6H17N3O. The second-order valence-electron chi connectivity index (χ2n) is 1.94. The highest BCUT2D eigenvalue weighted by atomic mass is 16.3. The van der Waals surface area contributed by atoms with Crippen LogP contribution in [0.25, 0.3) is 0 Å². The van der Waals surface area contributed by atoms with E-state index in [2.05, 4.69) is 12.3 Å². The van der Waals surface area contributed by atoms with Crippen LogP contribution < -0.4 is 17.2 Å². The topological polar surface area (TPSA) is 98.3 Å². The number of rotatable bonds is 2. The van der Waals surface area contributed by atoms with Gasteiger partial charge in [-0.3, -0.25) is 0 Å². The molecule has 0 bridgehead atoms. The summed E-state index contributed by atoms with van der Waals surface area (Å²) in [7, 11) is 0. The molecule has 0 amide bonds. The highest BCUT2D eigenvalue weighted by Gasteiger charge is 2.03. The molecule has 10 heavy (non-hydrogen) atoms. The molecule has 4 heteroatoms. The van der Waals surface area contributed by atoms with Gasteiger partial charge in [0.25, 0.3) is 0 Å². The molecule has 0 aromatic heterocycles. The Bertz CT molecular complexity index is 75.4. The lowest BCUT2D eigenvalue weighted by atomic mass is 10.2. The molecule has 0 aliphatic rings. The second-order valence-corrected chi connectivity index (χ2v) is 1.94. The maximum absolute atomic E-state index is 8.30. The van der Waals surface area contributed by atoms with Crippen molar-refractivity contribution in [2.24, 2.45) is 17.2 Å². The summed E-state index contributed by atoms with van der Waals surface area (Å²) in [5.74, 6) is 0. The average molecular weight is 147 g/mol. The summed E-state index contributed by atoms with van der Waals surface area (Å²) in [6.07, 6.45) is 1.25. The van der Waals surface area contributed by atoms with Gasteiger partial charge in [0.1, 0.15) is 0 Å². The van der Waals surface area contributed by atoms with E-state index in [9.17, 15) is 0 Å². The monoisotopic (exact) mass is 147 g/mol. The highest BCUT2D eigenvalue weighted by molar-refractivity contribution is 4.68.